The summed E-state index contributed by atoms with van der Waals surface area (Å²) in [5.74, 6) is 0.899. The van der Waals surface area contributed by atoms with E-state index in [1.807, 2.05) is 36.4 Å². The van der Waals surface area contributed by atoms with Gasteiger partial charge >= 0.3 is 6.16 Å². The summed E-state index contributed by atoms with van der Waals surface area (Å²) in [4.78, 5) is 16.2. The highest BCUT2D eigenvalue weighted by molar-refractivity contribution is 9.08. The van der Waals surface area contributed by atoms with Crippen molar-refractivity contribution in [2.45, 2.75) is 43.4 Å². The molecule has 1 heterocycles. The molecule has 7 nitrogen and oxygen atoms in total. The van der Waals surface area contributed by atoms with Crippen molar-refractivity contribution in [1.29, 1.82) is 0 Å². The van der Waals surface area contributed by atoms with Gasteiger partial charge in [0, 0.05) is 24.2 Å². The molecule has 0 saturated carbocycles. The van der Waals surface area contributed by atoms with E-state index >= 15 is 0 Å². The van der Waals surface area contributed by atoms with Crippen molar-refractivity contribution in [1.82, 2.24) is 5.06 Å². The third-order valence-corrected chi connectivity index (χ3v) is 8.14. The van der Waals surface area contributed by atoms with Crippen LogP contribution in [0.2, 0.25) is 0 Å². The van der Waals surface area contributed by atoms with E-state index in [9.17, 15) is 9.90 Å². The zero-order valence-corrected chi connectivity index (χ0v) is 25.1. The van der Waals surface area contributed by atoms with Crippen LogP contribution in [-0.2, 0) is 32.9 Å². The fourth-order valence-corrected chi connectivity index (χ4v) is 5.70. The van der Waals surface area contributed by atoms with Gasteiger partial charge in [-0.25, -0.2) is 4.79 Å². The average Bonchev–Trinajstić information content (AvgIpc) is 3.02. The Morgan fingerprint density at radius 2 is 1.74 bits per heavy atom. The molecular weight excluding hydrogens is 598 g/mol. The van der Waals surface area contributed by atoms with Crippen LogP contribution in [-0.4, -0.2) is 48.7 Å². The summed E-state index contributed by atoms with van der Waals surface area (Å²) in [6.07, 6.45) is -0.0466. The maximum atomic E-state index is 11.2. The van der Waals surface area contributed by atoms with Gasteiger partial charge < -0.3 is 24.2 Å². The molecule has 1 aliphatic rings. The zero-order valence-electron chi connectivity index (χ0n) is 23.5. The number of alkyl halides is 1. The zero-order chi connectivity index (χ0) is 29.1. The first-order chi connectivity index (χ1) is 20.6. The quantitative estimate of drug-likeness (QED) is 0.119. The van der Waals surface area contributed by atoms with Crippen LogP contribution < -0.4 is 4.74 Å². The number of nitrogens with zero attached hydrogens (tertiary/aromatic N) is 1. The molecule has 0 radical (unpaired) electrons. The van der Waals surface area contributed by atoms with E-state index in [0.29, 0.717) is 45.9 Å². The number of fused-ring (bicyclic) bond motifs is 1. The standard InChI is InChI=1S/C34H36BrNO6/c35-21-26-10-11-27-8-4-9-29(32(27)20-26)24-41-33-22-36(42-34(37)38)17-16-31(33)28-12-14-30(15-13-28)40-19-5-18-39-23-25-6-2-1-3-7-25/h1-4,6-15,20,31,33H,5,16-19,21-24H2,(H,37,38). The smallest absolute Gasteiger partial charge is 0.494 e. The lowest BCUT2D eigenvalue weighted by Crippen LogP contribution is -2.44. The Morgan fingerprint density at radius 3 is 2.52 bits per heavy atom. The van der Waals surface area contributed by atoms with Gasteiger partial charge in [0.15, 0.2) is 0 Å². The van der Waals surface area contributed by atoms with Gasteiger partial charge in [-0.1, -0.05) is 88.7 Å². The van der Waals surface area contributed by atoms with Crippen LogP contribution in [0.5, 0.6) is 5.75 Å². The first-order valence-electron chi connectivity index (χ1n) is 14.3. The van der Waals surface area contributed by atoms with Crippen LogP contribution in [0.25, 0.3) is 10.8 Å². The maximum Gasteiger partial charge on any atom is 0.525 e. The Morgan fingerprint density at radius 1 is 0.905 bits per heavy atom. The number of ether oxygens (including phenoxy) is 3. The molecule has 4 aromatic rings. The van der Waals surface area contributed by atoms with Gasteiger partial charge in [0.25, 0.3) is 0 Å². The lowest BCUT2D eigenvalue weighted by atomic mass is 9.87. The van der Waals surface area contributed by atoms with Crippen LogP contribution >= 0.6 is 15.9 Å². The molecule has 0 spiro atoms. The third kappa shape index (κ3) is 8.32. The van der Waals surface area contributed by atoms with Gasteiger partial charge in [-0.05, 0) is 57.6 Å². The number of rotatable bonds is 13. The van der Waals surface area contributed by atoms with Gasteiger partial charge in [0.05, 0.1) is 39.1 Å². The van der Waals surface area contributed by atoms with Crippen molar-refractivity contribution >= 4 is 32.9 Å². The van der Waals surface area contributed by atoms with Crippen molar-refractivity contribution in [2.75, 3.05) is 26.3 Å². The Bertz CT molecular complexity index is 1430. The van der Waals surface area contributed by atoms with Gasteiger partial charge in [0.1, 0.15) is 5.75 Å². The van der Waals surface area contributed by atoms with Crippen molar-refractivity contribution in [3.05, 3.63) is 113 Å². The summed E-state index contributed by atoms with van der Waals surface area (Å²) in [7, 11) is 0. The first-order valence-corrected chi connectivity index (χ1v) is 15.4. The number of hydrogen-bond acceptors (Lipinski definition) is 6. The monoisotopic (exact) mass is 633 g/mol. The molecule has 1 aliphatic heterocycles. The SMILES string of the molecule is O=C(O)ON1CCC(c2ccc(OCCCOCc3ccccc3)cc2)C(OCc2cccc3ccc(CBr)cc23)C1. The van der Waals surface area contributed by atoms with Gasteiger partial charge in [-0.15, -0.1) is 5.06 Å². The lowest BCUT2D eigenvalue weighted by molar-refractivity contribution is -0.166. The molecule has 1 N–H and O–H groups in total. The molecule has 2 atom stereocenters. The molecule has 2 unspecified atom stereocenters. The van der Waals surface area contributed by atoms with Crippen LogP contribution in [0, 0.1) is 0 Å². The summed E-state index contributed by atoms with van der Waals surface area (Å²) >= 11 is 3.55. The van der Waals surface area contributed by atoms with Gasteiger partial charge in [0.2, 0.25) is 0 Å². The molecule has 4 aromatic carbocycles. The number of benzene rings is 4. The van der Waals surface area contributed by atoms with Crippen molar-refractivity contribution < 1.29 is 28.9 Å². The van der Waals surface area contributed by atoms with Crippen LogP contribution in [0.4, 0.5) is 4.79 Å². The number of piperidine rings is 1. The highest BCUT2D eigenvalue weighted by atomic mass is 79.9. The number of halogens is 1. The summed E-state index contributed by atoms with van der Waals surface area (Å²) in [5.41, 5.74) is 4.60. The summed E-state index contributed by atoms with van der Waals surface area (Å²) < 4.78 is 18.2. The Kier molecular flexibility index (Phi) is 10.8. The van der Waals surface area contributed by atoms with Crippen molar-refractivity contribution in [3.63, 3.8) is 0 Å². The van der Waals surface area contributed by atoms with Crippen LogP contribution in [0.3, 0.4) is 0 Å². The van der Waals surface area contributed by atoms with E-state index in [1.54, 1.807) is 0 Å². The molecule has 1 fully saturated rings. The van der Waals surface area contributed by atoms with Gasteiger partial charge in [-0.2, -0.15) is 0 Å². The highest BCUT2D eigenvalue weighted by Gasteiger charge is 2.33. The second-order valence-corrected chi connectivity index (χ2v) is 11.0. The molecule has 8 heteroatoms. The molecule has 1 saturated heterocycles. The molecule has 0 aliphatic carbocycles. The molecule has 5 rings (SSSR count). The molecular formula is C34H36BrNO6. The van der Waals surface area contributed by atoms with E-state index < -0.39 is 6.16 Å². The van der Waals surface area contributed by atoms with Crippen LogP contribution in [0.15, 0.2) is 91.0 Å². The minimum atomic E-state index is -1.31. The number of carbonyl (C=O) groups is 1. The number of carboxylic acid groups (broad SMARTS) is 1. The fourth-order valence-electron chi connectivity index (χ4n) is 5.35. The molecule has 42 heavy (non-hydrogen) atoms. The average molecular weight is 635 g/mol. The predicted octanol–water partition coefficient (Wildman–Crippen LogP) is 7.70. The normalized spacial score (nSPS) is 17.3. The second-order valence-electron chi connectivity index (χ2n) is 10.4. The summed E-state index contributed by atoms with van der Waals surface area (Å²) in [5, 5.41) is 13.8. The minimum Gasteiger partial charge on any atom is -0.494 e. The third-order valence-electron chi connectivity index (χ3n) is 7.49. The minimum absolute atomic E-state index is 0.0900. The second kappa shape index (κ2) is 15.2. The molecule has 220 valence electrons. The largest absolute Gasteiger partial charge is 0.525 e. The Labute approximate surface area is 255 Å². The Balaban J connectivity index is 1.19. The number of hydroxylamine groups is 2. The molecule has 0 amide bonds. The highest BCUT2D eigenvalue weighted by Crippen LogP contribution is 2.33. The van der Waals surface area contributed by atoms with Crippen LogP contribution in [0.1, 0.15) is 41.0 Å². The van der Waals surface area contributed by atoms with Crippen molar-refractivity contribution in [3.8, 4) is 5.75 Å². The number of hydrogen-bond donors (Lipinski definition) is 1. The predicted molar refractivity (Wildman–Crippen MR) is 166 cm³/mol. The molecule has 0 aromatic heterocycles. The van der Waals surface area contributed by atoms with Gasteiger partial charge in [-0.3, -0.25) is 0 Å². The van der Waals surface area contributed by atoms with E-state index in [0.717, 1.165) is 45.0 Å². The Hall–Kier alpha value is -3.43. The first kappa shape index (κ1) is 30.0. The van der Waals surface area contributed by atoms with E-state index in [4.69, 9.17) is 19.0 Å². The molecule has 0 bridgehead atoms. The van der Waals surface area contributed by atoms with E-state index in [1.165, 1.54) is 10.6 Å². The lowest BCUT2D eigenvalue weighted by Gasteiger charge is -2.37. The topological polar surface area (TPSA) is 77.5 Å². The van der Waals surface area contributed by atoms with E-state index in [-0.39, 0.29) is 12.0 Å². The fraction of sp³-hybridized carbons (Fsp3) is 0.324. The van der Waals surface area contributed by atoms with Crippen molar-refractivity contribution in [2.24, 2.45) is 0 Å². The van der Waals surface area contributed by atoms with E-state index in [2.05, 4.69) is 70.5 Å². The summed E-state index contributed by atoms with van der Waals surface area (Å²) in [6, 6.07) is 30.9. The summed E-state index contributed by atoms with van der Waals surface area (Å²) in [6.45, 7) is 3.09. The maximum absolute atomic E-state index is 11.2.